The minimum Gasteiger partial charge on any atom is -0.507 e. The zero-order valence-corrected chi connectivity index (χ0v) is 15.1. The molecule has 0 amide bonds. The van der Waals surface area contributed by atoms with E-state index in [0.29, 0.717) is 5.56 Å². The topological polar surface area (TPSA) is 37.3 Å². The minimum absolute atomic E-state index is 0.0376. The number of hydrogen-bond donors (Lipinski definition) is 1. The summed E-state index contributed by atoms with van der Waals surface area (Å²) in [5, 5.41) is 12.3. The molecule has 0 radical (unpaired) electrons. The van der Waals surface area contributed by atoms with E-state index in [4.69, 9.17) is 0 Å². The van der Waals surface area contributed by atoms with Crippen LogP contribution in [-0.2, 0) is 0 Å². The van der Waals surface area contributed by atoms with Crippen LogP contribution in [0.5, 0.6) is 5.75 Å². The highest BCUT2D eigenvalue weighted by molar-refractivity contribution is 8.41. The molecule has 0 aliphatic carbocycles. The third-order valence-corrected chi connectivity index (χ3v) is 9.63. The Balaban J connectivity index is 2.61. The standard InChI is InChI=1S/C19H26O2S/c1-18(2,3)22(19(4,5)6)13-9-12-16(22)17(21)14-10-7-8-11-15(14)20/h7-13,20H,1-6H3. The summed E-state index contributed by atoms with van der Waals surface area (Å²) in [6.45, 7) is 13.2. The maximum Gasteiger partial charge on any atom is 0.201 e. The Bertz CT molecular complexity index is 641. The van der Waals surface area contributed by atoms with Crippen LogP contribution < -0.4 is 0 Å². The van der Waals surface area contributed by atoms with E-state index in [1.807, 2.05) is 12.2 Å². The molecule has 22 heavy (non-hydrogen) atoms. The van der Waals surface area contributed by atoms with Crippen molar-refractivity contribution in [1.29, 1.82) is 0 Å². The third kappa shape index (κ3) is 2.41. The molecule has 0 saturated carbocycles. The zero-order chi connectivity index (χ0) is 16.8. The van der Waals surface area contributed by atoms with Gasteiger partial charge in [-0.25, -0.2) is 0 Å². The first-order chi connectivity index (χ1) is 10.0. The predicted octanol–water partition coefficient (Wildman–Crippen LogP) is 5.39. The van der Waals surface area contributed by atoms with Crippen LogP contribution in [0.1, 0.15) is 51.9 Å². The summed E-state index contributed by atoms with van der Waals surface area (Å²) < 4.78 is -0.0751. The fraction of sp³-hybridized carbons (Fsp3) is 0.421. The van der Waals surface area contributed by atoms with Crippen molar-refractivity contribution in [2.75, 3.05) is 0 Å². The van der Waals surface area contributed by atoms with Gasteiger partial charge in [-0.1, -0.05) is 59.8 Å². The first-order valence-electron chi connectivity index (χ1n) is 7.56. The highest BCUT2D eigenvalue weighted by Gasteiger charge is 2.50. The van der Waals surface area contributed by atoms with Crippen LogP contribution in [0.25, 0.3) is 0 Å². The van der Waals surface area contributed by atoms with Gasteiger partial charge in [-0.05, 0) is 33.1 Å². The van der Waals surface area contributed by atoms with Crippen LogP contribution in [0.3, 0.4) is 0 Å². The maximum atomic E-state index is 13.1. The van der Waals surface area contributed by atoms with E-state index in [1.54, 1.807) is 24.3 Å². The minimum atomic E-state index is -1.48. The predicted molar refractivity (Wildman–Crippen MR) is 96.8 cm³/mol. The number of carbonyl (C=O) groups is 1. The number of phenolic OH excluding ortho intramolecular Hbond substituents is 1. The summed E-state index contributed by atoms with van der Waals surface area (Å²) in [6, 6.07) is 6.80. The molecular formula is C19H26O2S. The lowest BCUT2D eigenvalue weighted by molar-refractivity contribution is 0.104. The lowest BCUT2D eigenvalue weighted by atomic mass is 10.1. The molecule has 0 fully saturated rings. The number of benzene rings is 1. The van der Waals surface area contributed by atoms with Crippen molar-refractivity contribution in [2.24, 2.45) is 0 Å². The molecule has 1 aliphatic heterocycles. The molecule has 1 aliphatic rings. The monoisotopic (exact) mass is 318 g/mol. The molecule has 120 valence electrons. The van der Waals surface area contributed by atoms with Gasteiger partial charge in [0, 0.05) is 4.91 Å². The number of aromatic hydroxyl groups is 1. The molecule has 0 aromatic heterocycles. The second-order valence-electron chi connectivity index (χ2n) is 7.59. The maximum absolute atomic E-state index is 13.1. The highest BCUT2D eigenvalue weighted by Crippen LogP contribution is 2.75. The molecule has 0 saturated heterocycles. The first kappa shape index (κ1) is 16.9. The van der Waals surface area contributed by atoms with Gasteiger partial charge in [-0.15, -0.1) is 0 Å². The second-order valence-corrected chi connectivity index (χ2v) is 12.1. The van der Waals surface area contributed by atoms with Crippen LogP contribution in [0, 0.1) is 0 Å². The van der Waals surface area contributed by atoms with Crippen molar-refractivity contribution in [2.45, 2.75) is 51.0 Å². The van der Waals surface area contributed by atoms with Gasteiger partial charge in [0.15, 0.2) is 0 Å². The molecular weight excluding hydrogens is 292 g/mol. The molecule has 1 heterocycles. The van der Waals surface area contributed by atoms with Gasteiger partial charge in [-0.2, -0.15) is 10.0 Å². The summed E-state index contributed by atoms with van der Waals surface area (Å²) >= 11 is 0. The van der Waals surface area contributed by atoms with Gasteiger partial charge in [0.05, 0.1) is 5.56 Å². The normalized spacial score (nSPS) is 18.9. The van der Waals surface area contributed by atoms with Gasteiger partial charge in [0.2, 0.25) is 5.78 Å². The Hall–Kier alpha value is -1.48. The van der Waals surface area contributed by atoms with E-state index in [2.05, 4.69) is 47.0 Å². The van der Waals surface area contributed by atoms with Crippen molar-refractivity contribution in [1.82, 2.24) is 0 Å². The lowest BCUT2D eigenvalue weighted by Crippen LogP contribution is -2.38. The molecule has 2 rings (SSSR count). The summed E-state index contributed by atoms with van der Waals surface area (Å²) in [6.07, 6.45) is 3.96. The van der Waals surface area contributed by atoms with Crippen molar-refractivity contribution in [3.8, 4) is 5.75 Å². The Kier molecular flexibility index (Phi) is 4.07. The smallest absolute Gasteiger partial charge is 0.201 e. The molecule has 0 atom stereocenters. The van der Waals surface area contributed by atoms with Crippen LogP contribution in [-0.4, -0.2) is 20.4 Å². The van der Waals surface area contributed by atoms with Gasteiger partial charge in [-0.3, -0.25) is 4.79 Å². The number of rotatable bonds is 2. The second kappa shape index (κ2) is 5.31. The SMILES string of the molecule is CC(C)(C)S1(C(C)(C)C)C=CC=C1C(=O)c1ccccc1O. The van der Waals surface area contributed by atoms with E-state index < -0.39 is 10.0 Å². The van der Waals surface area contributed by atoms with Gasteiger partial charge < -0.3 is 5.11 Å². The van der Waals surface area contributed by atoms with Gasteiger partial charge >= 0.3 is 0 Å². The highest BCUT2D eigenvalue weighted by atomic mass is 32.3. The first-order valence-corrected chi connectivity index (χ1v) is 9.25. The van der Waals surface area contributed by atoms with Crippen LogP contribution >= 0.6 is 10.0 Å². The number of ketones is 1. The molecule has 1 aromatic carbocycles. The summed E-state index contributed by atoms with van der Waals surface area (Å²) in [5.41, 5.74) is 0.392. The zero-order valence-electron chi connectivity index (χ0n) is 14.3. The third-order valence-electron chi connectivity index (χ3n) is 4.18. The lowest BCUT2D eigenvalue weighted by Gasteiger charge is -2.56. The Labute approximate surface area is 135 Å². The fourth-order valence-electron chi connectivity index (χ4n) is 3.43. The van der Waals surface area contributed by atoms with Crippen LogP contribution in [0.4, 0.5) is 0 Å². The van der Waals surface area contributed by atoms with E-state index in [-0.39, 0.29) is 21.0 Å². The Morgan fingerprint density at radius 2 is 1.55 bits per heavy atom. The van der Waals surface area contributed by atoms with Crippen LogP contribution in [0.15, 0.2) is 46.7 Å². The Morgan fingerprint density at radius 1 is 1.00 bits per heavy atom. The largest absolute Gasteiger partial charge is 0.507 e. The average Bonchev–Trinajstić information content (AvgIpc) is 2.83. The van der Waals surface area contributed by atoms with Crippen molar-refractivity contribution in [3.63, 3.8) is 0 Å². The van der Waals surface area contributed by atoms with Gasteiger partial charge in [0.25, 0.3) is 0 Å². The molecule has 0 unspecified atom stereocenters. The number of allylic oxidation sites excluding steroid dienone is 3. The average molecular weight is 318 g/mol. The van der Waals surface area contributed by atoms with E-state index in [1.165, 1.54) is 0 Å². The number of phenols is 1. The number of hydrogen-bond acceptors (Lipinski definition) is 2. The molecule has 0 spiro atoms. The molecule has 1 N–H and O–H groups in total. The number of para-hydroxylation sites is 1. The van der Waals surface area contributed by atoms with E-state index in [0.717, 1.165) is 4.91 Å². The summed E-state index contributed by atoms with van der Waals surface area (Å²) in [7, 11) is -1.48. The Morgan fingerprint density at radius 3 is 2.05 bits per heavy atom. The molecule has 0 bridgehead atoms. The quantitative estimate of drug-likeness (QED) is 0.742. The summed E-state index contributed by atoms with van der Waals surface area (Å²) in [4.78, 5) is 14.0. The molecule has 1 aromatic rings. The fourth-order valence-corrected chi connectivity index (χ4v) is 8.56. The van der Waals surface area contributed by atoms with Crippen molar-refractivity contribution in [3.05, 3.63) is 52.3 Å². The number of carbonyl (C=O) groups excluding carboxylic acids is 1. The molecule has 2 nitrogen and oxygen atoms in total. The van der Waals surface area contributed by atoms with Crippen LogP contribution in [0.2, 0.25) is 0 Å². The summed E-state index contributed by atoms with van der Waals surface area (Å²) in [5.74, 6) is -0.000585. The number of Topliss-reactive ketones (excluding diaryl/α,β-unsaturated/α-hetero) is 1. The van der Waals surface area contributed by atoms with Gasteiger partial charge in [0.1, 0.15) is 5.75 Å². The van der Waals surface area contributed by atoms with Crippen molar-refractivity contribution < 1.29 is 9.90 Å². The van der Waals surface area contributed by atoms with E-state index in [9.17, 15) is 9.90 Å². The molecule has 3 heteroatoms. The van der Waals surface area contributed by atoms with E-state index >= 15 is 0 Å². The van der Waals surface area contributed by atoms with Crippen molar-refractivity contribution >= 4 is 15.8 Å².